The first-order valence-corrected chi connectivity index (χ1v) is 6.80. The molecule has 1 aromatic heterocycles. The van der Waals surface area contributed by atoms with Crippen molar-refractivity contribution in [2.45, 2.75) is 20.0 Å². The van der Waals surface area contributed by atoms with E-state index in [1.54, 1.807) is 11.3 Å². The summed E-state index contributed by atoms with van der Waals surface area (Å²) >= 11 is 1.60. The molecule has 1 amide bonds. The molecule has 96 valence electrons. The van der Waals surface area contributed by atoms with Crippen LogP contribution in [-0.4, -0.2) is 24.0 Å². The Bertz CT molecular complexity index is 491. The van der Waals surface area contributed by atoms with Gasteiger partial charge in [0.05, 0.1) is 16.8 Å². The summed E-state index contributed by atoms with van der Waals surface area (Å²) in [6.07, 6.45) is 0.934. The van der Waals surface area contributed by atoms with Gasteiger partial charge in [0.25, 0.3) is 0 Å². The number of benzene rings is 1. The Labute approximate surface area is 110 Å². The van der Waals surface area contributed by atoms with Crippen molar-refractivity contribution in [3.63, 3.8) is 0 Å². The minimum absolute atomic E-state index is 0.0713. The van der Waals surface area contributed by atoms with Gasteiger partial charge in [0.15, 0.2) is 0 Å². The van der Waals surface area contributed by atoms with E-state index in [0.29, 0.717) is 13.2 Å². The second kappa shape index (κ2) is 6.47. The van der Waals surface area contributed by atoms with Crippen molar-refractivity contribution in [3.05, 3.63) is 29.3 Å². The second-order valence-electron chi connectivity index (χ2n) is 3.92. The average molecular weight is 264 g/mol. The third kappa shape index (κ3) is 3.51. The van der Waals surface area contributed by atoms with Gasteiger partial charge in [0, 0.05) is 6.54 Å². The Hall–Kier alpha value is -1.46. The normalized spacial score (nSPS) is 10.7. The van der Waals surface area contributed by atoms with Crippen LogP contribution in [0.25, 0.3) is 10.2 Å². The Morgan fingerprint density at radius 2 is 2.28 bits per heavy atom. The number of para-hydroxylation sites is 1. The van der Waals surface area contributed by atoms with Crippen molar-refractivity contribution >= 4 is 27.5 Å². The first-order valence-electron chi connectivity index (χ1n) is 5.98. The van der Waals surface area contributed by atoms with Gasteiger partial charge in [-0.3, -0.25) is 4.79 Å². The molecule has 0 aliphatic rings. The lowest BCUT2D eigenvalue weighted by atomic mass is 10.3. The Balaban J connectivity index is 1.81. The van der Waals surface area contributed by atoms with Gasteiger partial charge in [-0.05, 0) is 18.6 Å². The van der Waals surface area contributed by atoms with Crippen molar-refractivity contribution in [1.82, 2.24) is 10.3 Å². The molecule has 0 aliphatic carbocycles. The van der Waals surface area contributed by atoms with Crippen molar-refractivity contribution in [2.24, 2.45) is 0 Å². The Morgan fingerprint density at radius 1 is 1.44 bits per heavy atom. The molecule has 0 bridgehead atoms. The summed E-state index contributed by atoms with van der Waals surface area (Å²) in [6, 6.07) is 7.96. The fraction of sp³-hybridized carbons (Fsp3) is 0.385. The summed E-state index contributed by atoms with van der Waals surface area (Å²) in [6.45, 7) is 3.19. The summed E-state index contributed by atoms with van der Waals surface area (Å²) < 4.78 is 6.49. The van der Waals surface area contributed by atoms with Crippen LogP contribution < -0.4 is 5.32 Å². The Morgan fingerprint density at radius 3 is 3.06 bits per heavy atom. The van der Waals surface area contributed by atoms with Crippen LogP contribution in [0.2, 0.25) is 0 Å². The fourth-order valence-electron chi connectivity index (χ4n) is 1.53. The van der Waals surface area contributed by atoms with Crippen LogP contribution in [0.15, 0.2) is 24.3 Å². The molecule has 0 saturated carbocycles. The number of aromatic nitrogens is 1. The molecule has 18 heavy (non-hydrogen) atoms. The first-order chi connectivity index (χ1) is 8.79. The van der Waals surface area contributed by atoms with Gasteiger partial charge >= 0.3 is 0 Å². The fourth-order valence-corrected chi connectivity index (χ4v) is 2.43. The molecular weight excluding hydrogens is 248 g/mol. The van der Waals surface area contributed by atoms with E-state index in [-0.39, 0.29) is 12.5 Å². The number of thiazole rings is 1. The minimum atomic E-state index is -0.0713. The summed E-state index contributed by atoms with van der Waals surface area (Å²) in [5, 5.41) is 3.67. The highest BCUT2D eigenvalue weighted by Crippen LogP contribution is 2.21. The van der Waals surface area contributed by atoms with E-state index in [2.05, 4.69) is 10.3 Å². The standard InChI is InChI=1S/C13H16N2O2S/c1-2-7-14-12(16)8-17-9-13-15-10-5-3-4-6-11(10)18-13/h3-6H,2,7-9H2,1H3,(H,14,16). The quantitative estimate of drug-likeness (QED) is 0.871. The molecule has 1 heterocycles. The van der Waals surface area contributed by atoms with Gasteiger partial charge in [-0.1, -0.05) is 19.1 Å². The highest BCUT2D eigenvalue weighted by Gasteiger charge is 2.05. The van der Waals surface area contributed by atoms with E-state index in [4.69, 9.17) is 4.74 Å². The number of carbonyl (C=O) groups excluding carboxylic acids is 1. The predicted octanol–water partition coefficient (Wildman–Crippen LogP) is 2.34. The number of amides is 1. The van der Waals surface area contributed by atoms with Gasteiger partial charge < -0.3 is 10.1 Å². The van der Waals surface area contributed by atoms with Crippen LogP contribution in [0.4, 0.5) is 0 Å². The Kier molecular flexibility index (Phi) is 4.66. The lowest BCUT2D eigenvalue weighted by Gasteiger charge is -2.03. The number of rotatable bonds is 6. The summed E-state index contributed by atoms with van der Waals surface area (Å²) in [5.41, 5.74) is 0.983. The summed E-state index contributed by atoms with van der Waals surface area (Å²) in [5.74, 6) is -0.0713. The monoisotopic (exact) mass is 264 g/mol. The van der Waals surface area contributed by atoms with Gasteiger partial charge in [-0.2, -0.15) is 0 Å². The van der Waals surface area contributed by atoms with Crippen LogP contribution in [0.3, 0.4) is 0 Å². The zero-order chi connectivity index (χ0) is 12.8. The second-order valence-corrected chi connectivity index (χ2v) is 5.03. The van der Waals surface area contributed by atoms with Crippen molar-refractivity contribution in [3.8, 4) is 0 Å². The molecule has 5 heteroatoms. The molecule has 0 spiro atoms. The molecule has 0 unspecified atom stereocenters. The van der Waals surface area contributed by atoms with Gasteiger partial charge in [0.2, 0.25) is 5.91 Å². The molecule has 0 fully saturated rings. The number of nitrogens with one attached hydrogen (secondary N) is 1. The van der Waals surface area contributed by atoms with E-state index < -0.39 is 0 Å². The number of fused-ring (bicyclic) bond motifs is 1. The van der Waals surface area contributed by atoms with Crippen LogP contribution in [0.5, 0.6) is 0 Å². The first kappa shape index (κ1) is 13.0. The van der Waals surface area contributed by atoms with E-state index in [1.807, 2.05) is 31.2 Å². The number of hydrogen-bond donors (Lipinski definition) is 1. The van der Waals surface area contributed by atoms with Gasteiger partial charge in [0.1, 0.15) is 11.6 Å². The third-order valence-electron chi connectivity index (χ3n) is 2.37. The molecule has 1 N–H and O–H groups in total. The van der Waals surface area contributed by atoms with Crippen LogP contribution in [0, 0.1) is 0 Å². The van der Waals surface area contributed by atoms with Gasteiger partial charge in [-0.15, -0.1) is 11.3 Å². The topological polar surface area (TPSA) is 51.2 Å². The maximum Gasteiger partial charge on any atom is 0.246 e. The van der Waals surface area contributed by atoms with Crippen LogP contribution in [0.1, 0.15) is 18.4 Å². The molecule has 2 aromatic rings. The van der Waals surface area contributed by atoms with E-state index >= 15 is 0 Å². The van der Waals surface area contributed by atoms with Crippen LogP contribution in [-0.2, 0) is 16.1 Å². The van der Waals surface area contributed by atoms with Gasteiger partial charge in [-0.25, -0.2) is 4.98 Å². The van der Waals surface area contributed by atoms with Crippen molar-refractivity contribution in [1.29, 1.82) is 0 Å². The van der Waals surface area contributed by atoms with Crippen molar-refractivity contribution < 1.29 is 9.53 Å². The minimum Gasteiger partial charge on any atom is -0.364 e. The van der Waals surface area contributed by atoms with E-state index in [1.165, 1.54) is 0 Å². The molecule has 0 atom stereocenters. The van der Waals surface area contributed by atoms with Crippen LogP contribution >= 0.6 is 11.3 Å². The maximum absolute atomic E-state index is 11.3. The molecule has 0 aliphatic heterocycles. The third-order valence-corrected chi connectivity index (χ3v) is 3.38. The van der Waals surface area contributed by atoms with Crippen molar-refractivity contribution in [2.75, 3.05) is 13.2 Å². The lowest BCUT2D eigenvalue weighted by molar-refractivity contribution is -0.126. The predicted molar refractivity (Wildman–Crippen MR) is 72.6 cm³/mol. The summed E-state index contributed by atoms with van der Waals surface area (Å²) in [7, 11) is 0. The van der Waals surface area contributed by atoms with E-state index in [9.17, 15) is 4.79 Å². The SMILES string of the molecule is CCCNC(=O)COCc1nc2ccccc2s1. The molecule has 0 saturated heterocycles. The molecule has 4 nitrogen and oxygen atoms in total. The number of carbonyl (C=O) groups is 1. The average Bonchev–Trinajstić information content (AvgIpc) is 2.79. The number of ether oxygens (including phenoxy) is 1. The number of nitrogens with zero attached hydrogens (tertiary/aromatic N) is 1. The zero-order valence-corrected chi connectivity index (χ0v) is 11.1. The maximum atomic E-state index is 11.3. The largest absolute Gasteiger partial charge is 0.364 e. The molecule has 0 radical (unpaired) electrons. The molecule has 1 aromatic carbocycles. The smallest absolute Gasteiger partial charge is 0.246 e. The highest BCUT2D eigenvalue weighted by atomic mass is 32.1. The zero-order valence-electron chi connectivity index (χ0n) is 10.3. The molecular formula is C13H16N2O2S. The highest BCUT2D eigenvalue weighted by molar-refractivity contribution is 7.18. The molecule has 2 rings (SSSR count). The number of hydrogen-bond acceptors (Lipinski definition) is 4. The van der Waals surface area contributed by atoms with E-state index in [0.717, 1.165) is 21.6 Å². The summed E-state index contributed by atoms with van der Waals surface area (Å²) in [4.78, 5) is 15.7. The lowest BCUT2D eigenvalue weighted by Crippen LogP contribution is -2.28.